The van der Waals surface area contributed by atoms with E-state index in [0.717, 1.165) is 12.2 Å². The maximum Gasteiger partial charge on any atom is 0.311 e. The van der Waals surface area contributed by atoms with Crippen LogP contribution in [0.4, 0.5) is 17.3 Å². The fourth-order valence-corrected chi connectivity index (χ4v) is 2.84. The molecule has 2 heterocycles. The molecule has 1 aromatic heterocycles. The Morgan fingerprint density at radius 2 is 2.41 bits per heavy atom. The lowest BCUT2D eigenvalue weighted by Crippen LogP contribution is -2.26. The van der Waals surface area contributed by atoms with E-state index in [1.165, 1.54) is 18.2 Å². The van der Waals surface area contributed by atoms with Crippen molar-refractivity contribution < 1.29 is 4.92 Å². The summed E-state index contributed by atoms with van der Waals surface area (Å²) < 4.78 is 0. The van der Waals surface area contributed by atoms with Crippen molar-refractivity contribution in [2.45, 2.75) is 18.9 Å². The van der Waals surface area contributed by atoms with Gasteiger partial charge in [-0.25, -0.2) is 4.98 Å². The van der Waals surface area contributed by atoms with Crippen LogP contribution in [0, 0.1) is 10.1 Å². The van der Waals surface area contributed by atoms with Crippen LogP contribution in [0.1, 0.15) is 12.8 Å². The summed E-state index contributed by atoms with van der Waals surface area (Å²) in [6, 6.07) is 3.37. The third-order valence-electron chi connectivity index (χ3n) is 2.61. The standard InChI is InChI=1S/C10H14N4O2S/c11-10-8(14(15)16)3-4-9(13-10)12-7-2-1-5-17-6-7/h3-4,7H,1-2,5-6H2,(H3,11,12,13). The molecule has 6 nitrogen and oxygen atoms in total. The molecular formula is C10H14N4O2S. The highest BCUT2D eigenvalue weighted by Crippen LogP contribution is 2.24. The molecule has 92 valence electrons. The van der Waals surface area contributed by atoms with E-state index in [2.05, 4.69) is 10.3 Å². The van der Waals surface area contributed by atoms with Gasteiger partial charge in [0, 0.05) is 17.9 Å². The lowest BCUT2D eigenvalue weighted by Gasteiger charge is -2.22. The third kappa shape index (κ3) is 3.00. The van der Waals surface area contributed by atoms with Crippen molar-refractivity contribution in [3.05, 3.63) is 22.2 Å². The molecule has 17 heavy (non-hydrogen) atoms. The predicted octanol–water partition coefficient (Wildman–Crippen LogP) is 1.88. The SMILES string of the molecule is Nc1nc(NC2CCCSC2)ccc1[N+](=O)[O-]. The Bertz CT molecular complexity index is 421. The van der Waals surface area contributed by atoms with Gasteiger partial charge in [-0.3, -0.25) is 10.1 Å². The number of anilines is 2. The molecule has 0 amide bonds. The summed E-state index contributed by atoms with van der Waals surface area (Å²) >= 11 is 1.90. The van der Waals surface area contributed by atoms with Crippen molar-refractivity contribution in [1.29, 1.82) is 0 Å². The highest BCUT2D eigenvalue weighted by atomic mass is 32.2. The van der Waals surface area contributed by atoms with E-state index in [-0.39, 0.29) is 11.5 Å². The maximum absolute atomic E-state index is 10.6. The monoisotopic (exact) mass is 254 g/mol. The van der Waals surface area contributed by atoms with E-state index in [1.54, 1.807) is 6.07 Å². The van der Waals surface area contributed by atoms with Gasteiger partial charge in [0.25, 0.3) is 0 Å². The number of nitrogens with one attached hydrogen (secondary N) is 1. The Labute approximate surface area is 103 Å². The molecule has 1 aliphatic rings. The topological polar surface area (TPSA) is 94.1 Å². The Morgan fingerprint density at radius 1 is 1.59 bits per heavy atom. The van der Waals surface area contributed by atoms with Crippen molar-refractivity contribution in [2.75, 3.05) is 22.6 Å². The number of hydrogen-bond donors (Lipinski definition) is 2. The van der Waals surface area contributed by atoms with Crippen LogP contribution in [0.15, 0.2) is 12.1 Å². The van der Waals surface area contributed by atoms with Gasteiger partial charge in [0.15, 0.2) is 0 Å². The van der Waals surface area contributed by atoms with E-state index in [4.69, 9.17) is 5.73 Å². The van der Waals surface area contributed by atoms with E-state index in [9.17, 15) is 10.1 Å². The molecular weight excluding hydrogens is 240 g/mol. The number of hydrogen-bond acceptors (Lipinski definition) is 6. The van der Waals surface area contributed by atoms with Gasteiger partial charge in [-0.2, -0.15) is 11.8 Å². The predicted molar refractivity (Wildman–Crippen MR) is 69.3 cm³/mol. The largest absolute Gasteiger partial charge is 0.378 e. The highest BCUT2D eigenvalue weighted by molar-refractivity contribution is 7.99. The molecule has 0 spiro atoms. The van der Waals surface area contributed by atoms with Crippen molar-refractivity contribution in [3.8, 4) is 0 Å². The molecule has 1 fully saturated rings. The van der Waals surface area contributed by atoms with Crippen molar-refractivity contribution >= 4 is 29.1 Å². The average molecular weight is 254 g/mol. The number of nitrogens with zero attached hydrogens (tertiary/aromatic N) is 2. The number of nitrogens with two attached hydrogens (primary N) is 1. The molecule has 1 aromatic rings. The molecule has 1 saturated heterocycles. The molecule has 3 N–H and O–H groups in total. The minimum Gasteiger partial charge on any atom is -0.378 e. The fraction of sp³-hybridized carbons (Fsp3) is 0.500. The second-order valence-electron chi connectivity index (χ2n) is 3.92. The molecule has 7 heteroatoms. The van der Waals surface area contributed by atoms with E-state index in [1.807, 2.05) is 11.8 Å². The first-order valence-electron chi connectivity index (χ1n) is 5.42. The Balaban J connectivity index is 2.06. The lowest BCUT2D eigenvalue weighted by molar-refractivity contribution is -0.384. The molecule has 0 aromatic carbocycles. The number of aromatic nitrogens is 1. The number of nitrogen functional groups attached to an aromatic ring is 1. The molecule has 1 aliphatic heterocycles. The summed E-state index contributed by atoms with van der Waals surface area (Å²) in [6.07, 6.45) is 2.29. The van der Waals surface area contributed by atoms with Gasteiger partial charge in [0.1, 0.15) is 5.82 Å². The second-order valence-corrected chi connectivity index (χ2v) is 5.07. The third-order valence-corrected chi connectivity index (χ3v) is 3.83. The zero-order chi connectivity index (χ0) is 12.3. The smallest absolute Gasteiger partial charge is 0.311 e. The maximum atomic E-state index is 10.6. The lowest BCUT2D eigenvalue weighted by atomic mass is 10.2. The van der Waals surface area contributed by atoms with Crippen LogP contribution >= 0.6 is 11.8 Å². The Kier molecular flexibility index (Phi) is 3.68. The Morgan fingerprint density at radius 3 is 3.00 bits per heavy atom. The van der Waals surface area contributed by atoms with E-state index < -0.39 is 4.92 Å². The minimum atomic E-state index is -0.525. The molecule has 2 rings (SSSR count). The summed E-state index contributed by atoms with van der Waals surface area (Å²) in [5.41, 5.74) is 5.38. The second kappa shape index (κ2) is 5.22. The van der Waals surface area contributed by atoms with Gasteiger partial charge in [0.05, 0.1) is 4.92 Å². The van der Waals surface area contributed by atoms with Gasteiger partial charge in [-0.05, 0) is 24.7 Å². The highest BCUT2D eigenvalue weighted by Gasteiger charge is 2.16. The van der Waals surface area contributed by atoms with Gasteiger partial charge in [0.2, 0.25) is 5.82 Å². The summed E-state index contributed by atoms with van der Waals surface area (Å²) in [5, 5.41) is 13.8. The summed E-state index contributed by atoms with van der Waals surface area (Å²) in [6.45, 7) is 0. The van der Waals surface area contributed by atoms with Gasteiger partial charge < -0.3 is 11.1 Å². The van der Waals surface area contributed by atoms with Crippen LogP contribution in [0.3, 0.4) is 0 Å². The van der Waals surface area contributed by atoms with E-state index in [0.29, 0.717) is 11.9 Å². The molecule has 1 atom stereocenters. The normalized spacial score (nSPS) is 19.9. The summed E-state index contributed by atoms with van der Waals surface area (Å²) in [5.74, 6) is 2.82. The average Bonchev–Trinajstić information content (AvgIpc) is 2.30. The fourth-order valence-electron chi connectivity index (χ4n) is 1.77. The number of pyridine rings is 1. The molecule has 1 unspecified atom stereocenters. The summed E-state index contributed by atoms with van der Waals surface area (Å²) in [7, 11) is 0. The van der Waals surface area contributed by atoms with Crippen LogP contribution in [0.25, 0.3) is 0 Å². The zero-order valence-corrected chi connectivity index (χ0v) is 10.1. The summed E-state index contributed by atoms with van der Waals surface area (Å²) in [4.78, 5) is 14.1. The number of rotatable bonds is 3. The molecule has 0 aliphatic carbocycles. The molecule has 0 radical (unpaired) electrons. The minimum absolute atomic E-state index is 0.0385. The van der Waals surface area contributed by atoms with Crippen molar-refractivity contribution in [1.82, 2.24) is 4.98 Å². The van der Waals surface area contributed by atoms with Crippen LogP contribution in [0.5, 0.6) is 0 Å². The van der Waals surface area contributed by atoms with Gasteiger partial charge in [-0.1, -0.05) is 0 Å². The van der Waals surface area contributed by atoms with Crippen LogP contribution in [-0.4, -0.2) is 27.5 Å². The molecule has 0 saturated carbocycles. The number of thioether (sulfide) groups is 1. The zero-order valence-electron chi connectivity index (χ0n) is 9.26. The Hall–Kier alpha value is -1.50. The first-order chi connectivity index (χ1) is 8.16. The van der Waals surface area contributed by atoms with Crippen molar-refractivity contribution in [2.24, 2.45) is 0 Å². The van der Waals surface area contributed by atoms with Crippen LogP contribution in [0.2, 0.25) is 0 Å². The molecule has 0 bridgehead atoms. The van der Waals surface area contributed by atoms with Crippen molar-refractivity contribution in [3.63, 3.8) is 0 Å². The van der Waals surface area contributed by atoms with Crippen LogP contribution < -0.4 is 11.1 Å². The van der Waals surface area contributed by atoms with Crippen LogP contribution in [-0.2, 0) is 0 Å². The van der Waals surface area contributed by atoms with E-state index >= 15 is 0 Å². The van der Waals surface area contributed by atoms with Gasteiger partial charge >= 0.3 is 5.69 Å². The first-order valence-corrected chi connectivity index (χ1v) is 6.57. The number of nitro groups is 1. The first kappa shape index (κ1) is 12.0. The quantitative estimate of drug-likeness (QED) is 0.631. The van der Waals surface area contributed by atoms with Gasteiger partial charge in [-0.15, -0.1) is 0 Å².